The number of anilines is 2. The summed E-state index contributed by atoms with van der Waals surface area (Å²) in [5.41, 5.74) is 1.80. The maximum atomic E-state index is 12.8. The summed E-state index contributed by atoms with van der Waals surface area (Å²) in [6.45, 7) is 3.09. The second kappa shape index (κ2) is 7.73. The summed E-state index contributed by atoms with van der Waals surface area (Å²) in [5, 5.41) is 7.75. The highest BCUT2D eigenvalue weighted by atomic mass is 32.2. The van der Waals surface area contributed by atoms with Crippen LogP contribution in [0.2, 0.25) is 0 Å². The molecule has 2 aromatic heterocycles. The summed E-state index contributed by atoms with van der Waals surface area (Å²) in [6.07, 6.45) is 4.33. The van der Waals surface area contributed by atoms with Crippen LogP contribution in [0.4, 0.5) is 11.6 Å². The molecule has 1 saturated heterocycles. The van der Waals surface area contributed by atoms with Crippen LogP contribution >= 0.6 is 0 Å². The van der Waals surface area contributed by atoms with Gasteiger partial charge in [-0.05, 0) is 44.0 Å². The molecule has 3 aromatic rings. The fourth-order valence-electron chi connectivity index (χ4n) is 3.35. The molecule has 146 valence electrons. The van der Waals surface area contributed by atoms with E-state index in [2.05, 4.69) is 15.4 Å². The van der Waals surface area contributed by atoms with E-state index in [0.29, 0.717) is 18.9 Å². The Labute approximate surface area is 165 Å². The van der Waals surface area contributed by atoms with Gasteiger partial charge in [-0.1, -0.05) is 24.6 Å². The molecular weight excluding hydrogens is 374 g/mol. The fourth-order valence-corrected chi connectivity index (χ4v) is 4.81. The van der Waals surface area contributed by atoms with Crippen LogP contribution in [0.3, 0.4) is 0 Å². The molecule has 1 aliphatic rings. The molecule has 3 heterocycles. The molecule has 1 fully saturated rings. The Balaban J connectivity index is 1.56. The second-order valence-electron chi connectivity index (χ2n) is 6.89. The first-order valence-electron chi connectivity index (χ1n) is 9.39. The summed E-state index contributed by atoms with van der Waals surface area (Å²) >= 11 is 0. The zero-order valence-electron chi connectivity index (χ0n) is 15.7. The largest absolute Gasteiger partial charge is 0.325 e. The Hall–Kier alpha value is -2.71. The first-order valence-corrected chi connectivity index (χ1v) is 10.8. The smallest absolute Gasteiger partial charge is 0.244 e. The Morgan fingerprint density at radius 2 is 1.75 bits per heavy atom. The third-order valence-electron chi connectivity index (χ3n) is 4.78. The maximum Gasteiger partial charge on any atom is 0.244 e. The Morgan fingerprint density at radius 3 is 2.43 bits per heavy atom. The van der Waals surface area contributed by atoms with Gasteiger partial charge in [0.05, 0.1) is 11.4 Å². The van der Waals surface area contributed by atoms with Crippen LogP contribution in [0.5, 0.6) is 0 Å². The van der Waals surface area contributed by atoms with Crippen molar-refractivity contribution >= 4 is 21.7 Å². The molecule has 0 saturated carbocycles. The van der Waals surface area contributed by atoms with Crippen LogP contribution in [0.1, 0.15) is 25.0 Å². The number of nitrogens with one attached hydrogen (secondary N) is 1. The normalized spacial score (nSPS) is 15.5. The van der Waals surface area contributed by atoms with Gasteiger partial charge in [0.1, 0.15) is 16.5 Å². The van der Waals surface area contributed by atoms with Gasteiger partial charge in [-0.25, -0.2) is 18.1 Å². The predicted molar refractivity (Wildman–Crippen MR) is 108 cm³/mol. The van der Waals surface area contributed by atoms with Gasteiger partial charge in [0.25, 0.3) is 0 Å². The number of benzene rings is 1. The highest BCUT2D eigenvalue weighted by Gasteiger charge is 2.26. The predicted octanol–water partition coefficient (Wildman–Crippen LogP) is 3.49. The highest BCUT2D eigenvalue weighted by Crippen LogP contribution is 2.23. The van der Waals surface area contributed by atoms with Crippen molar-refractivity contribution in [3.05, 3.63) is 60.4 Å². The number of para-hydroxylation sites is 1. The van der Waals surface area contributed by atoms with E-state index in [1.807, 2.05) is 43.3 Å². The molecule has 0 unspecified atom stereocenters. The van der Waals surface area contributed by atoms with Crippen LogP contribution < -0.4 is 5.32 Å². The van der Waals surface area contributed by atoms with Crippen LogP contribution in [0.15, 0.2) is 59.6 Å². The average molecular weight is 398 g/mol. The van der Waals surface area contributed by atoms with E-state index in [1.54, 1.807) is 21.1 Å². The summed E-state index contributed by atoms with van der Waals surface area (Å²) in [6, 6.07) is 15.0. The number of nitrogens with zero attached hydrogens (tertiary/aromatic N) is 4. The minimum atomic E-state index is -3.47. The minimum Gasteiger partial charge on any atom is -0.325 e. The zero-order valence-corrected chi connectivity index (χ0v) is 16.6. The van der Waals surface area contributed by atoms with Gasteiger partial charge in [0, 0.05) is 25.4 Å². The van der Waals surface area contributed by atoms with Crippen molar-refractivity contribution < 1.29 is 8.42 Å². The minimum absolute atomic E-state index is 0.229. The monoisotopic (exact) mass is 397 g/mol. The molecule has 0 atom stereocenters. The van der Waals surface area contributed by atoms with Crippen LogP contribution in [-0.4, -0.2) is 40.6 Å². The van der Waals surface area contributed by atoms with E-state index >= 15 is 0 Å². The number of aryl methyl sites for hydroxylation is 1. The molecule has 0 spiro atoms. The summed E-state index contributed by atoms with van der Waals surface area (Å²) in [5.74, 6) is 1.33. The molecule has 1 aliphatic heterocycles. The van der Waals surface area contributed by atoms with Crippen LogP contribution in [0.25, 0.3) is 5.69 Å². The molecule has 0 amide bonds. The van der Waals surface area contributed by atoms with Crippen LogP contribution in [-0.2, 0) is 10.0 Å². The number of piperidine rings is 1. The van der Waals surface area contributed by atoms with Gasteiger partial charge in [-0.15, -0.1) is 0 Å². The van der Waals surface area contributed by atoms with Crippen molar-refractivity contribution in [3.63, 3.8) is 0 Å². The lowest BCUT2D eigenvalue weighted by atomic mass is 10.2. The summed E-state index contributed by atoms with van der Waals surface area (Å²) < 4.78 is 28.9. The molecule has 0 radical (unpaired) electrons. The highest BCUT2D eigenvalue weighted by molar-refractivity contribution is 7.89. The Morgan fingerprint density at radius 1 is 1.00 bits per heavy atom. The van der Waals surface area contributed by atoms with E-state index in [9.17, 15) is 8.42 Å². The lowest BCUT2D eigenvalue weighted by Crippen LogP contribution is -2.35. The number of rotatable bonds is 5. The van der Waals surface area contributed by atoms with E-state index in [0.717, 1.165) is 36.5 Å². The zero-order chi connectivity index (χ0) is 19.6. The molecule has 0 aliphatic carbocycles. The summed E-state index contributed by atoms with van der Waals surface area (Å²) in [4.78, 5) is 4.55. The molecule has 1 aromatic carbocycles. The van der Waals surface area contributed by atoms with Crippen molar-refractivity contribution in [1.82, 2.24) is 19.1 Å². The molecule has 1 N–H and O–H groups in total. The Kier molecular flexibility index (Phi) is 5.15. The first-order chi connectivity index (χ1) is 13.5. The lowest BCUT2D eigenvalue weighted by molar-refractivity contribution is 0.346. The maximum absolute atomic E-state index is 12.8. The number of pyridine rings is 1. The lowest BCUT2D eigenvalue weighted by Gasteiger charge is -2.25. The third kappa shape index (κ3) is 3.79. The van der Waals surface area contributed by atoms with Gasteiger partial charge in [-0.2, -0.15) is 9.40 Å². The van der Waals surface area contributed by atoms with Gasteiger partial charge in [-0.3, -0.25) is 0 Å². The van der Waals surface area contributed by atoms with Crippen molar-refractivity contribution in [3.8, 4) is 5.69 Å². The van der Waals surface area contributed by atoms with Gasteiger partial charge >= 0.3 is 0 Å². The standard InChI is InChI=1S/C20H23N5O2S/c1-16-14-20(25(23-16)17-8-4-2-5-9-17)22-19-11-10-18(15-21-19)28(26,27)24-12-6-3-7-13-24/h2,4-5,8-11,14-15H,3,6-7,12-13H2,1H3,(H,21,22). The summed E-state index contributed by atoms with van der Waals surface area (Å²) in [7, 11) is -3.47. The number of hydrogen-bond acceptors (Lipinski definition) is 5. The van der Waals surface area contributed by atoms with Gasteiger partial charge < -0.3 is 5.32 Å². The second-order valence-corrected chi connectivity index (χ2v) is 8.83. The average Bonchev–Trinajstić information content (AvgIpc) is 3.10. The molecule has 8 heteroatoms. The molecular formula is C20H23N5O2S. The molecule has 0 bridgehead atoms. The van der Waals surface area contributed by atoms with E-state index in [1.165, 1.54) is 6.20 Å². The van der Waals surface area contributed by atoms with Crippen molar-refractivity contribution in [1.29, 1.82) is 0 Å². The van der Waals surface area contributed by atoms with E-state index < -0.39 is 10.0 Å². The first kappa shape index (κ1) is 18.6. The third-order valence-corrected chi connectivity index (χ3v) is 6.66. The SMILES string of the molecule is Cc1cc(Nc2ccc(S(=O)(=O)N3CCCCC3)cn2)n(-c2ccccc2)n1. The number of sulfonamides is 1. The molecule has 4 rings (SSSR count). The molecule has 28 heavy (non-hydrogen) atoms. The fraction of sp³-hybridized carbons (Fsp3) is 0.300. The van der Waals surface area contributed by atoms with Crippen molar-refractivity contribution in [2.45, 2.75) is 31.1 Å². The van der Waals surface area contributed by atoms with Gasteiger partial charge in [0.15, 0.2) is 0 Å². The molecule has 7 nitrogen and oxygen atoms in total. The topological polar surface area (TPSA) is 80.1 Å². The van der Waals surface area contributed by atoms with Gasteiger partial charge in [0.2, 0.25) is 10.0 Å². The van der Waals surface area contributed by atoms with Crippen molar-refractivity contribution in [2.24, 2.45) is 0 Å². The quantitative estimate of drug-likeness (QED) is 0.713. The van der Waals surface area contributed by atoms with Crippen molar-refractivity contribution in [2.75, 3.05) is 18.4 Å². The van der Waals surface area contributed by atoms with E-state index in [-0.39, 0.29) is 4.90 Å². The number of aromatic nitrogens is 3. The van der Waals surface area contributed by atoms with Crippen LogP contribution in [0, 0.1) is 6.92 Å². The number of hydrogen-bond donors (Lipinski definition) is 1. The van der Waals surface area contributed by atoms with E-state index in [4.69, 9.17) is 0 Å². The Bertz CT molecular complexity index is 1040.